The number of carboxylic acids is 1. The molecular weight excluding hydrogens is 246 g/mol. The van der Waals surface area contributed by atoms with E-state index in [1.807, 2.05) is 0 Å². The quantitative estimate of drug-likeness (QED) is 0.610. The lowest BCUT2D eigenvalue weighted by Gasteiger charge is -2.42. The van der Waals surface area contributed by atoms with Gasteiger partial charge in [0.25, 0.3) is 0 Å². The average Bonchev–Trinajstić information content (AvgIpc) is 2.28. The number of carboxylic acid groups (broad SMARTS) is 1. The Morgan fingerprint density at radius 3 is 2.42 bits per heavy atom. The Labute approximate surface area is 113 Å². The van der Waals surface area contributed by atoms with Crippen LogP contribution < -0.4 is 16.4 Å². The Bertz CT molecular complexity index is 355. The van der Waals surface area contributed by atoms with E-state index < -0.39 is 11.5 Å². The summed E-state index contributed by atoms with van der Waals surface area (Å²) in [6, 6.07) is -0.254. The van der Waals surface area contributed by atoms with Crippen molar-refractivity contribution in [2.75, 3.05) is 0 Å². The lowest BCUT2D eigenvalue weighted by molar-refractivity contribution is -0.139. The maximum absolute atomic E-state index is 12.0. The van der Waals surface area contributed by atoms with Crippen molar-refractivity contribution in [3.05, 3.63) is 0 Å². The van der Waals surface area contributed by atoms with Gasteiger partial charge in [0.15, 0.2) is 0 Å². The van der Waals surface area contributed by atoms with E-state index in [4.69, 9.17) is 10.8 Å². The molecule has 0 aromatic heterocycles. The largest absolute Gasteiger partial charge is 0.481 e. The normalized spacial score (nSPS) is 29.1. The monoisotopic (exact) mass is 269 g/mol. The van der Waals surface area contributed by atoms with Gasteiger partial charge in [0.2, 0.25) is 0 Å². The summed E-state index contributed by atoms with van der Waals surface area (Å²) in [5.74, 6) is -0.866. The molecule has 0 aromatic rings. The molecule has 2 fully saturated rings. The number of aliphatic carboxylic acids is 1. The molecule has 0 radical (unpaired) electrons. The third-order valence-corrected chi connectivity index (χ3v) is 4.31. The van der Waals surface area contributed by atoms with Gasteiger partial charge in [-0.3, -0.25) is 4.79 Å². The van der Waals surface area contributed by atoms with Crippen molar-refractivity contribution >= 4 is 12.0 Å². The molecule has 2 unspecified atom stereocenters. The van der Waals surface area contributed by atoms with Gasteiger partial charge in [-0.2, -0.15) is 0 Å². The molecule has 2 amide bonds. The highest BCUT2D eigenvalue weighted by Crippen LogP contribution is 2.34. The van der Waals surface area contributed by atoms with Crippen molar-refractivity contribution in [2.24, 2.45) is 5.73 Å². The molecule has 2 rings (SSSR count). The first kappa shape index (κ1) is 14.1. The van der Waals surface area contributed by atoms with Gasteiger partial charge in [0.05, 0.1) is 12.0 Å². The molecule has 2 aliphatic carbocycles. The standard InChI is InChI=1S/C13H23N3O3/c14-9-4-1-2-5-10(9)15-12(19)16-13(6-3-7-13)8-11(17)18/h9-10H,1-8,14H2,(H,17,18)(H2,15,16,19). The lowest BCUT2D eigenvalue weighted by atomic mass is 9.74. The molecule has 0 heterocycles. The molecule has 2 saturated carbocycles. The third-order valence-electron chi connectivity index (χ3n) is 4.31. The molecule has 6 nitrogen and oxygen atoms in total. The summed E-state index contributed by atoms with van der Waals surface area (Å²) in [6.45, 7) is 0. The van der Waals surface area contributed by atoms with E-state index in [0.717, 1.165) is 44.9 Å². The molecule has 0 aliphatic heterocycles. The van der Waals surface area contributed by atoms with Crippen molar-refractivity contribution < 1.29 is 14.7 Å². The van der Waals surface area contributed by atoms with Gasteiger partial charge in [-0.15, -0.1) is 0 Å². The Kier molecular flexibility index (Phi) is 4.29. The summed E-state index contributed by atoms with van der Waals surface area (Å²) >= 11 is 0. The fourth-order valence-electron chi connectivity index (χ4n) is 3.02. The maximum Gasteiger partial charge on any atom is 0.315 e. The van der Waals surface area contributed by atoms with Crippen molar-refractivity contribution in [1.82, 2.24) is 10.6 Å². The minimum absolute atomic E-state index is 0.00284. The van der Waals surface area contributed by atoms with Gasteiger partial charge in [-0.1, -0.05) is 12.8 Å². The smallest absolute Gasteiger partial charge is 0.315 e. The number of carbonyl (C=O) groups is 2. The number of rotatable bonds is 4. The minimum atomic E-state index is -0.866. The van der Waals surface area contributed by atoms with Crippen LogP contribution in [0.5, 0.6) is 0 Å². The highest BCUT2D eigenvalue weighted by Gasteiger charge is 2.40. The summed E-state index contributed by atoms with van der Waals surface area (Å²) in [5, 5.41) is 14.6. The van der Waals surface area contributed by atoms with E-state index in [9.17, 15) is 9.59 Å². The SMILES string of the molecule is NC1CCCCC1NC(=O)NC1(CC(=O)O)CCC1. The van der Waals surface area contributed by atoms with Gasteiger partial charge >= 0.3 is 12.0 Å². The van der Waals surface area contributed by atoms with E-state index in [1.165, 1.54) is 0 Å². The molecule has 6 heteroatoms. The van der Waals surface area contributed by atoms with Gasteiger partial charge in [0.1, 0.15) is 0 Å². The van der Waals surface area contributed by atoms with Crippen molar-refractivity contribution in [2.45, 2.75) is 69.0 Å². The second-order valence-corrected chi connectivity index (χ2v) is 5.86. The van der Waals surface area contributed by atoms with Crippen molar-refractivity contribution in [3.8, 4) is 0 Å². The first-order valence-electron chi connectivity index (χ1n) is 7.07. The van der Waals surface area contributed by atoms with Gasteiger partial charge in [-0.05, 0) is 32.1 Å². The Balaban J connectivity index is 1.84. The zero-order chi connectivity index (χ0) is 13.9. The van der Waals surface area contributed by atoms with Gasteiger partial charge in [0, 0.05) is 12.1 Å². The highest BCUT2D eigenvalue weighted by atomic mass is 16.4. The van der Waals surface area contributed by atoms with Gasteiger partial charge < -0.3 is 21.5 Å². The fourth-order valence-corrected chi connectivity index (χ4v) is 3.02. The van der Waals surface area contributed by atoms with Crippen LogP contribution in [-0.2, 0) is 4.79 Å². The van der Waals surface area contributed by atoms with Crippen LogP contribution in [0.1, 0.15) is 51.4 Å². The Morgan fingerprint density at radius 2 is 1.89 bits per heavy atom. The predicted molar refractivity (Wildman–Crippen MR) is 70.7 cm³/mol. The zero-order valence-corrected chi connectivity index (χ0v) is 11.2. The Morgan fingerprint density at radius 1 is 1.21 bits per heavy atom. The first-order chi connectivity index (χ1) is 9.01. The van der Waals surface area contributed by atoms with Crippen LogP contribution >= 0.6 is 0 Å². The molecule has 2 atom stereocenters. The molecule has 108 valence electrons. The molecule has 2 aliphatic rings. The minimum Gasteiger partial charge on any atom is -0.481 e. The van der Waals surface area contributed by atoms with Crippen LogP contribution in [0.4, 0.5) is 4.79 Å². The number of carbonyl (C=O) groups excluding carboxylic acids is 1. The van der Waals surface area contributed by atoms with E-state index in [-0.39, 0.29) is 24.5 Å². The second kappa shape index (κ2) is 5.77. The molecule has 0 bridgehead atoms. The topological polar surface area (TPSA) is 104 Å². The number of hydrogen-bond acceptors (Lipinski definition) is 3. The first-order valence-corrected chi connectivity index (χ1v) is 7.07. The van der Waals surface area contributed by atoms with Crippen LogP contribution in [0, 0.1) is 0 Å². The zero-order valence-electron chi connectivity index (χ0n) is 11.2. The van der Waals surface area contributed by atoms with Crippen LogP contribution in [0.2, 0.25) is 0 Å². The summed E-state index contributed by atoms with van der Waals surface area (Å²) < 4.78 is 0. The van der Waals surface area contributed by atoms with Crippen molar-refractivity contribution in [3.63, 3.8) is 0 Å². The van der Waals surface area contributed by atoms with E-state index in [0.29, 0.717) is 0 Å². The van der Waals surface area contributed by atoms with E-state index in [2.05, 4.69) is 10.6 Å². The Hall–Kier alpha value is -1.30. The maximum atomic E-state index is 12.0. The number of urea groups is 1. The summed E-state index contributed by atoms with van der Waals surface area (Å²) in [4.78, 5) is 22.8. The molecule has 0 saturated heterocycles. The van der Waals surface area contributed by atoms with Crippen LogP contribution in [0.25, 0.3) is 0 Å². The summed E-state index contributed by atoms with van der Waals surface area (Å²) in [5.41, 5.74) is 5.43. The predicted octanol–water partition coefficient (Wildman–Crippen LogP) is 0.953. The highest BCUT2D eigenvalue weighted by molar-refractivity contribution is 5.77. The van der Waals surface area contributed by atoms with E-state index >= 15 is 0 Å². The number of amides is 2. The number of nitrogens with one attached hydrogen (secondary N) is 2. The van der Waals surface area contributed by atoms with Gasteiger partial charge in [-0.25, -0.2) is 4.79 Å². The fraction of sp³-hybridized carbons (Fsp3) is 0.846. The molecule has 19 heavy (non-hydrogen) atoms. The number of nitrogens with two attached hydrogens (primary N) is 1. The molecule has 0 aromatic carbocycles. The van der Waals surface area contributed by atoms with Crippen molar-refractivity contribution in [1.29, 1.82) is 0 Å². The van der Waals surface area contributed by atoms with Crippen LogP contribution in [0.15, 0.2) is 0 Å². The summed E-state index contributed by atoms with van der Waals surface area (Å²) in [6.07, 6.45) is 6.48. The van der Waals surface area contributed by atoms with E-state index in [1.54, 1.807) is 0 Å². The summed E-state index contributed by atoms with van der Waals surface area (Å²) in [7, 11) is 0. The number of hydrogen-bond donors (Lipinski definition) is 4. The van der Waals surface area contributed by atoms with Crippen LogP contribution in [-0.4, -0.2) is 34.7 Å². The molecule has 0 spiro atoms. The molecular formula is C13H23N3O3. The van der Waals surface area contributed by atoms with Crippen LogP contribution in [0.3, 0.4) is 0 Å². The third kappa shape index (κ3) is 3.59. The average molecular weight is 269 g/mol. The molecule has 5 N–H and O–H groups in total. The second-order valence-electron chi connectivity index (χ2n) is 5.86. The lowest BCUT2D eigenvalue weighted by Crippen LogP contribution is -2.60.